The van der Waals surface area contributed by atoms with E-state index in [0.29, 0.717) is 17.5 Å². The van der Waals surface area contributed by atoms with Crippen molar-refractivity contribution >= 4 is 17.6 Å². The number of aryl methyl sites for hydroxylation is 2. The molecule has 0 saturated carbocycles. The summed E-state index contributed by atoms with van der Waals surface area (Å²) in [7, 11) is 1.74. The minimum Gasteiger partial charge on any atom is -0.356 e. The van der Waals surface area contributed by atoms with Gasteiger partial charge in [0.25, 0.3) is 0 Å². The fourth-order valence-corrected chi connectivity index (χ4v) is 3.83. The van der Waals surface area contributed by atoms with Crippen LogP contribution in [0.15, 0.2) is 23.2 Å². The van der Waals surface area contributed by atoms with Crippen LogP contribution in [0.1, 0.15) is 49.9 Å². The van der Waals surface area contributed by atoms with Gasteiger partial charge in [0, 0.05) is 30.6 Å². The molecule has 2 aromatic rings. The molecule has 27 heavy (non-hydrogen) atoms. The summed E-state index contributed by atoms with van der Waals surface area (Å²) in [5.74, 6) is 2.10. The van der Waals surface area contributed by atoms with E-state index in [1.807, 2.05) is 11.6 Å². The lowest BCUT2D eigenvalue weighted by Crippen LogP contribution is -2.45. The highest BCUT2D eigenvalue weighted by molar-refractivity contribution is 6.31. The summed E-state index contributed by atoms with van der Waals surface area (Å²) in [5.41, 5.74) is 0.590. The fraction of sp³-hybridized carbons (Fsp3) is 0.526. The highest BCUT2D eigenvalue weighted by Crippen LogP contribution is 2.30. The number of aromatic nitrogens is 3. The van der Waals surface area contributed by atoms with Crippen molar-refractivity contribution in [3.63, 3.8) is 0 Å². The molecule has 0 saturated heterocycles. The van der Waals surface area contributed by atoms with Crippen LogP contribution in [-0.4, -0.2) is 34.3 Å². The van der Waals surface area contributed by atoms with Gasteiger partial charge in [-0.3, -0.25) is 4.99 Å². The quantitative estimate of drug-likeness (QED) is 0.618. The third kappa shape index (κ3) is 4.40. The molecule has 1 atom stereocenters. The molecule has 0 aliphatic carbocycles. The largest absolute Gasteiger partial charge is 0.356 e. The van der Waals surface area contributed by atoms with Gasteiger partial charge in [0.2, 0.25) is 0 Å². The Bertz CT molecular complexity index is 845. The summed E-state index contributed by atoms with van der Waals surface area (Å²) < 4.78 is 15.3. The molecule has 8 heteroatoms. The summed E-state index contributed by atoms with van der Waals surface area (Å²) >= 11 is 6.25. The predicted molar refractivity (Wildman–Crippen MR) is 106 cm³/mol. The summed E-state index contributed by atoms with van der Waals surface area (Å²) in [5, 5.41) is 11.7. The Kier molecular flexibility index (Phi) is 5.69. The molecule has 1 aliphatic rings. The molecule has 2 N–H and O–H groups in total. The Balaban J connectivity index is 1.67. The third-order valence-electron chi connectivity index (χ3n) is 4.87. The van der Waals surface area contributed by atoms with Crippen LogP contribution < -0.4 is 10.6 Å². The lowest BCUT2D eigenvalue weighted by atomic mass is 9.84. The van der Waals surface area contributed by atoms with E-state index in [-0.39, 0.29) is 17.3 Å². The maximum absolute atomic E-state index is 13.3. The van der Waals surface area contributed by atoms with E-state index in [0.717, 1.165) is 36.6 Å². The van der Waals surface area contributed by atoms with Crippen molar-refractivity contribution in [2.75, 3.05) is 13.6 Å². The summed E-state index contributed by atoms with van der Waals surface area (Å²) in [4.78, 5) is 8.89. The Morgan fingerprint density at radius 3 is 2.93 bits per heavy atom. The van der Waals surface area contributed by atoms with Crippen LogP contribution in [0.25, 0.3) is 0 Å². The van der Waals surface area contributed by atoms with Gasteiger partial charge in [0.1, 0.15) is 17.5 Å². The number of hydrogen-bond acceptors (Lipinski definition) is 3. The second-order valence-corrected chi connectivity index (χ2v) is 7.92. The summed E-state index contributed by atoms with van der Waals surface area (Å²) in [6.45, 7) is 7.53. The molecule has 0 amide bonds. The number of rotatable bonds is 4. The molecule has 0 radical (unpaired) electrons. The van der Waals surface area contributed by atoms with E-state index in [1.54, 1.807) is 13.1 Å². The second kappa shape index (κ2) is 7.84. The fourth-order valence-electron chi connectivity index (χ4n) is 3.40. The van der Waals surface area contributed by atoms with Gasteiger partial charge in [-0.05, 0) is 37.5 Å². The first-order chi connectivity index (χ1) is 12.8. The second-order valence-electron chi connectivity index (χ2n) is 7.51. The van der Waals surface area contributed by atoms with E-state index in [1.165, 1.54) is 12.1 Å². The predicted octanol–water partition coefficient (Wildman–Crippen LogP) is 3.36. The Labute approximate surface area is 164 Å². The highest BCUT2D eigenvalue weighted by Gasteiger charge is 2.27. The zero-order chi connectivity index (χ0) is 19.6. The first-order valence-electron chi connectivity index (χ1n) is 9.14. The minimum absolute atomic E-state index is 0.0728. The Morgan fingerprint density at radius 2 is 2.22 bits per heavy atom. The zero-order valence-electron chi connectivity index (χ0n) is 16.2. The molecule has 1 aromatic carbocycles. The SMILES string of the molecule is CN=C(NCC(C)(C)c1ccc(F)cc1Cl)NC1CCCn2nc(C)nc21. The molecular formula is C19H26ClFN6. The van der Waals surface area contributed by atoms with Gasteiger partial charge < -0.3 is 10.6 Å². The van der Waals surface area contributed by atoms with E-state index in [4.69, 9.17) is 11.6 Å². The molecule has 1 aliphatic heterocycles. The van der Waals surface area contributed by atoms with Gasteiger partial charge >= 0.3 is 0 Å². The number of benzene rings is 1. The van der Waals surface area contributed by atoms with Crippen LogP contribution in [0.5, 0.6) is 0 Å². The minimum atomic E-state index is -0.332. The van der Waals surface area contributed by atoms with Crippen LogP contribution in [0.3, 0.4) is 0 Å². The van der Waals surface area contributed by atoms with Crippen molar-refractivity contribution in [3.05, 3.63) is 46.3 Å². The van der Waals surface area contributed by atoms with Crippen molar-refractivity contribution in [3.8, 4) is 0 Å². The number of nitrogens with zero attached hydrogens (tertiary/aromatic N) is 4. The molecule has 0 fully saturated rings. The maximum Gasteiger partial charge on any atom is 0.191 e. The summed E-state index contributed by atoms with van der Waals surface area (Å²) in [6, 6.07) is 4.60. The highest BCUT2D eigenvalue weighted by atomic mass is 35.5. The smallest absolute Gasteiger partial charge is 0.191 e. The molecule has 0 bridgehead atoms. The number of halogens is 2. The van der Waals surface area contributed by atoms with Gasteiger partial charge in [0.15, 0.2) is 5.96 Å². The van der Waals surface area contributed by atoms with Crippen molar-refractivity contribution in [1.82, 2.24) is 25.4 Å². The van der Waals surface area contributed by atoms with Crippen LogP contribution in [0, 0.1) is 12.7 Å². The molecule has 1 aromatic heterocycles. The third-order valence-corrected chi connectivity index (χ3v) is 5.19. The lowest BCUT2D eigenvalue weighted by molar-refractivity contribution is 0.396. The lowest BCUT2D eigenvalue weighted by Gasteiger charge is -2.29. The monoisotopic (exact) mass is 392 g/mol. The average Bonchev–Trinajstić information content (AvgIpc) is 2.99. The molecule has 2 heterocycles. The van der Waals surface area contributed by atoms with Gasteiger partial charge in [-0.2, -0.15) is 5.10 Å². The van der Waals surface area contributed by atoms with Gasteiger partial charge in [0.05, 0.1) is 6.04 Å². The topological polar surface area (TPSA) is 67.1 Å². The van der Waals surface area contributed by atoms with Crippen LogP contribution in [-0.2, 0) is 12.0 Å². The molecule has 3 rings (SSSR count). The van der Waals surface area contributed by atoms with Gasteiger partial charge in [-0.25, -0.2) is 14.1 Å². The van der Waals surface area contributed by atoms with E-state index < -0.39 is 0 Å². The Morgan fingerprint density at radius 1 is 1.44 bits per heavy atom. The van der Waals surface area contributed by atoms with Crippen molar-refractivity contribution < 1.29 is 4.39 Å². The van der Waals surface area contributed by atoms with Crippen LogP contribution in [0.4, 0.5) is 4.39 Å². The number of hydrogen-bond donors (Lipinski definition) is 2. The first kappa shape index (κ1) is 19.6. The number of aliphatic imine (C=N–C) groups is 1. The van der Waals surface area contributed by atoms with Crippen molar-refractivity contribution in [1.29, 1.82) is 0 Å². The normalized spacial score (nSPS) is 17.6. The number of guanidine groups is 1. The molecular weight excluding hydrogens is 367 g/mol. The van der Waals surface area contributed by atoms with Crippen molar-refractivity contribution in [2.24, 2.45) is 4.99 Å². The molecule has 1 unspecified atom stereocenters. The zero-order valence-corrected chi connectivity index (χ0v) is 16.9. The number of nitrogens with one attached hydrogen (secondary N) is 2. The van der Waals surface area contributed by atoms with Gasteiger partial charge in [-0.1, -0.05) is 31.5 Å². The molecule has 146 valence electrons. The Hall–Kier alpha value is -2.15. The standard InChI is InChI=1S/C19H26ClFN6/c1-12-24-17-16(6-5-9-27(17)26-12)25-18(22-4)23-11-19(2,3)14-8-7-13(21)10-15(14)20/h7-8,10,16H,5-6,9,11H2,1-4H3,(H2,22,23,25). The first-order valence-corrected chi connectivity index (χ1v) is 9.52. The molecule has 6 nitrogen and oxygen atoms in total. The maximum atomic E-state index is 13.3. The van der Waals surface area contributed by atoms with Crippen LogP contribution in [0.2, 0.25) is 5.02 Å². The average molecular weight is 393 g/mol. The number of fused-ring (bicyclic) bond motifs is 1. The van der Waals surface area contributed by atoms with E-state index in [9.17, 15) is 4.39 Å². The van der Waals surface area contributed by atoms with Crippen LogP contribution >= 0.6 is 11.6 Å². The summed E-state index contributed by atoms with van der Waals surface area (Å²) in [6.07, 6.45) is 2.02. The van der Waals surface area contributed by atoms with E-state index >= 15 is 0 Å². The molecule has 0 spiro atoms. The van der Waals surface area contributed by atoms with E-state index in [2.05, 4.69) is 39.6 Å². The van der Waals surface area contributed by atoms with Crippen molar-refractivity contribution in [2.45, 2.75) is 51.6 Å². The van der Waals surface area contributed by atoms with Gasteiger partial charge in [-0.15, -0.1) is 0 Å².